The van der Waals surface area contributed by atoms with E-state index in [1.165, 1.54) is 23.9 Å². The smallest absolute Gasteiger partial charge is 0.232 e. The highest BCUT2D eigenvalue weighted by Crippen LogP contribution is 2.22. The molecule has 0 radical (unpaired) electrons. The van der Waals surface area contributed by atoms with Crippen molar-refractivity contribution >= 4 is 17.7 Å². The lowest BCUT2D eigenvalue weighted by Gasteiger charge is -2.35. The molecule has 0 atom stereocenters. The number of rotatable bonds is 4. The van der Waals surface area contributed by atoms with E-state index in [1.807, 2.05) is 11.8 Å². The fraction of sp³-hybridized carbons (Fsp3) is 0.533. The zero-order valence-electron chi connectivity index (χ0n) is 11.6. The SMILES string of the molecule is CC1(O)CCN(C(=O)CSCc2ccc(F)cc2)CC1. The summed E-state index contributed by atoms with van der Waals surface area (Å²) >= 11 is 1.54. The number of hydrogen-bond donors (Lipinski definition) is 1. The summed E-state index contributed by atoms with van der Waals surface area (Å²) in [5.41, 5.74) is 0.392. The molecule has 0 unspecified atom stereocenters. The van der Waals surface area contributed by atoms with Crippen LogP contribution in [0.15, 0.2) is 24.3 Å². The number of halogens is 1. The van der Waals surface area contributed by atoms with Crippen molar-refractivity contribution in [1.82, 2.24) is 4.90 Å². The second kappa shape index (κ2) is 6.59. The molecule has 20 heavy (non-hydrogen) atoms. The van der Waals surface area contributed by atoms with Gasteiger partial charge in [0.1, 0.15) is 5.82 Å². The van der Waals surface area contributed by atoms with Crippen molar-refractivity contribution in [2.24, 2.45) is 0 Å². The Morgan fingerprint density at radius 2 is 1.95 bits per heavy atom. The predicted octanol–water partition coefficient (Wildman–Crippen LogP) is 2.43. The summed E-state index contributed by atoms with van der Waals surface area (Å²) in [5, 5.41) is 9.85. The zero-order chi connectivity index (χ0) is 14.6. The Balaban J connectivity index is 1.71. The predicted molar refractivity (Wildman–Crippen MR) is 79.0 cm³/mol. The van der Waals surface area contributed by atoms with Crippen molar-refractivity contribution in [3.05, 3.63) is 35.6 Å². The van der Waals surface area contributed by atoms with E-state index in [1.54, 1.807) is 12.1 Å². The Kier molecular flexibility index (Phi) is 5.05. The van der Waals surface area contributed by atoms with Gasteiger partial charge in [0, 0.05) is 18.8 Å². The van der Waals surface area contributed by atoms with Crippen molar-refractivity contribution in [1.29, 1.82) is 0 Å². The van der Waals surface area contributed by atoms with Crippen LogP contribution in [-0.2, 0) is 10.5 Å². The highest BCUT2D eigenvalue weighted by atomic mass is 32.2. The minimum Gasteiger partial charge on any atom is -0.390 e. The first-order valence-electron chi connectivity index (χ1n) is 6.79. The molecule has 0 spiro atoms. The van der Waals surface area contributed by atoms with E-state index in [0.717, 1.165) is 5.56 Å². The molecule has 0 saturated carbocycles. The molecular formula is C15H20FNO2S. The third kappa shape index (κ3) is 4.49. The number of piperidine rings is 1. The average molecular weight is 297 g/mol. The number of amides is 1. The molecule has 110 valence electrons. The molecule has 5 heteroatoms. The van der Waals surface area contributed by atoms with Crippen LogP contribution in [0.5, 0.6) is 0 Å². The van der Waals surface area contributed by atoms with Crippen LogP contribution in [0.25, 0.3) is 0 Å². The second-order valence-corrected chi connectivity index (χ2v) is 6.48. The first-order valence-corrected chi connectivity index (χ1v) is 7.94. The van der Waals surface area contributed by atoms with Crippen LogP contribution >= 0.6 is 11.8 Å². The lowest BCUT2D eigenvalue weighted by molar-refractivity contribution is -0.132. The maximum atomic E-state index is 12.8. The molecule has 1 aliphatic heterocycles. The zero-order valence-corrected chi connectivity index (χ0v) is 12.5. The Bertz CT molecular complexity index is 451. The summed E-state index contributed by atoms with van der Waals surface area (Å²) in [5.74, 6) is 1.01. The van der Waals surface area contributed by atoms with Crippen molar-refractivity contribution in [2.75, 3.05) is 18.8 Å². The summed E-state index contributed by atoms with van der Waals surface area (Å²) in [7, 11) is 0. The van der Waals surface area contributed by atoms with E-state index in [4.69, 9.17) is 0 Å². The van der Waals surface area contributed by atoms with Crippen LogP contribution in [0.1, 0.15) is 25.3 Å². The quantitative estimate of drug-likeness (QED) is 0.928. The minimum atomic E-state index is -0.627. The van der Waals surface area contributed by atoms with E-state index >= 15 is 0 Å². The molecule has 3 nitrogen and oxygen atoms in total. The molecule has 0 aliphatic carbocycles. The lowest BCUT2D eigenvalue weighted by Crippen LogP contribution is -2.45. The minimum absolute atomic E-state index is 0.118. The van der Waals surface area contributed by atoms with Gasteiger partial charge in [-0.1, -0.05) is 12.1 Å². The molecule has 1 aromatic carbocycles. The van der Waals surface area contributed by atoms with Crippen LogP contribution in [0.3, 0.4) is 0 Å². The van der Waals surface area contributed by atoms with Crippen molar-refractivity contribution in [3.8, 4) is 0 Å². The summed E-state index contributed by atoms with van der Waals surface area (Å²) in [6.07, 6.45) is 1.28. The van der Waals surface area contributed by atoms with Gasteiger partial charge in [-0.25, -0.2) is 4.39 Å². The molecule has 1 aromatic rings. The first-order chi connectivity index (χ1) is 9.46. The molecule has 0 bridgehead atoms. The third-order valence-corrected chi connectivity index (χ3v) is 4.59. The van der Waals surface area contributed by atoms with Gasteiger partial charge in [-0.15, -0.1) is 11.8 Å². The van der Waals surface area contributed by atoms with Gasteiger partial charge in [0.2, 0.25) is 5.91 Å². The van der Waals surface area contributed by atoms with Crippen molar-refractivity contribution < 1.29 is 14.3 Å². The normalized spacial score (nSPS) is 18.1. The van der Waals surface area contributed by atoms with Crippen molar-refractivity contribution in [2.45, 2.75) is 31.1 Å². The summed E-state index contributed by atoms with van der Waals surface area (Å²) in [4.78, 5) is 13.8. The van der Waals surface area contributed by atoms with E-state index in [9.17, 15) is 14.3 Å². The topological polar surface area (TPSA) is 40.5 Å². The first kappa shape index (κ1) is 15.3. The second-order valence-electron chi connectivity index (χ2n) is 5.50. The number of likely N-dealkylation sites (tertiary alicyclic amines) is 1. The molecule has 1 fully saturated rings. The molecule has 1 heterocycles. The van der Waals surface area contributed by atoms with Gasteiger partial charge in [-0.2, -0.15) is 0 Å². The van der Waals surface area contributed by atoms with Crippen molar-refractivity contribution in [3.63, 3.8) is 0 Å². The maximum absolute atomic E-state index is 12.8. The van der Waals surface area contributed by atoms with Crippen LogP contribution < -0.4 is 0 Å². The number of carbonyl (C=O) groups excluding carboxylic acids is 1. The fourth-order valence-corrected chi connectivity index (χ4v) is 3.05. The van der Waals surface area contributed by atoms with Crippen LogP contribution in [0.2, 0.25) is 0 Å². The largest absolute Gasteiger partial charge is 0.390 e. The van der Waals surface area contributed by atoms with E-state index in [-0.39, 0.29) is 11.7 Å². The number of thioether (sulfide) groups is 1. The van der Waals surface area contributed by atoms with E-state index in [2.05, 4.69) is 0 Å². The Morgan fingerprint density at radius 3 is 2.55 bits per heavy atom. The van der Waals surface area contributed by atoms with Gasteiger partial charge in [0.25, 0.3) is 0 Å². The Hall–Kier alpha value is -1.07. The molecule has 1 amide bonds. The van der Waals surface area contributed by atoms with Gasteiger partial charge in [0.15, 0.2) is 0 Å². The summed E-state index contributed by atoms with van der Waals surface area (Å²) < 4.78 is 12.8. The number of hydrogen-bond acceptors (Lipinski definition) is 3. The van der Waals surface area contributed by atoms with Gasteiger partial charge in [-0.05, 0) is 37.5 Å². The van der Waals surface area contributed by atoms with Gasteiger partial charge in [0.05, 0.1) is 11.4 Å². The van der Waals surface area contributed by atoms with Gasteiger partial charge < -0.3 is 10.0 Å². The maximum Gasteiger partial charge on any atom is 0.232 e. The van der Waals surface area contributed by atoms with Crippen LogP contribution in [0.4, 0.5) is 4.39 Å². The van der Waals surface area contributed by atoms with E-state index in [0.29, 0.717) is 37.4 Å². The number of benzene rings is 1. The molecule has 0 aromatic heterocycles. The van der Waals surface area contributed by atoms with Gasteiger partial charge >= 0.3 is 0 Å². The number of nitrogens with zero attached hydrogens (tertiary/aromatic N) is 1. The lowest BCUT2D eigenvalue weighted by atomic mass is 9.94. The third-order valence-electron chi connectivity index (χ3n) is 3.60. The molecule has 1 aliphatic rings. The molecule has 1 saturated heterocycles. The van der Waals surface area contributed by atoms with E-state index < -0.39 is 5.60 Å². The average Bonchev–Trinajstić information content (AvgIpc) is 2.41. The highest BCUT2D eigenvalue weighted by Gasteiger charge is 2.29. The summed E-state index contributed by atoms with van der Waals surface area (Å²) in [6.45, 7) is 3.07. The fourth-order valence-electron chi connectivity index (χ4n) is 2.17. The van der Waals surface area contributed by atoms with Crippen LogP contribution in [-0.4, -0.2) is 40.4 Å². The van der Waals surface area contributed by atoms with Crippen LogP contribution in [0, 0.1) is 5.82 Å². The Morgan fingerprint density at radius 1 is 1.35 bits per heavy atom. The number of aliphatic hydroxyl groups is 1. The molecular weight excluding hydrogens is 277 g/mol. The molecule has 1 N–H and O–H groups in total. The summed E-state index contributed by atoms with van der Waals surface area (Å²) in [6, 6.07) is 6.35. The highest BCUT2D eigenvalue weighted by molar-refractivity contribution is 7.99. The monoisotopic (exact) mass is 297 g/mol. The molecule has 2 rings (SSSR count). The number of carbonyl (C=O) groups is 1. The van der Waals surface area contributed by atoms with Gasteiger partial charge in [-0.3, -0.25) is 4.79 Å². The Labute approximate surface area is 123 Å². The standard InChI is InChI=1S/C15H20FNO2S/c1-15(19)6-8-17(9-7-15)14(18)11-20-10-12-2-4-13(16)5-3-12/h2-5,19H,6-11H2,1H3.